The number of rotatable bonds is 5. The quantitative estimate of drug-likeness (QED) is 0.899. The summed E-state index contributed by atoms with van der Waals surface area (Å²) in [6.45, 7) is 0.728. The highest BCUT2D eigenvalue weighted by molar-refractivity contribution is 5.40. The molecule has 2 nitrogen and oxygen atoms in total. The fraction of sp³-hybridized carbons (Fsp3) is 0.333. The average molecular weight is 267 g/mol. The van der Waals surface area contributed by atoms with Gasteiger partial charge in [-0.25, -0.2) is 0 Å². The maximum Gasteiger partial charge on any atom is 0.122 e. The van der Waals surface area contributed by atoms with Gasteiger partial charge in [0.15, 0.2) is 0 Å². The molecule has 2 atom stereocenters. The first-order valence-corrected chi connectivity index (χ1v) is 7.36. The number of nitrogens with two attached hydrogens (primary N) is 1. The van der Waals surface area contributed by atoms with Crippen molar-refractivity contribution in [1.82, 2.24) is 0 Å². The van der Waals surface area contributed by atoms with Gasteiger partial charge in [0.25, 0.3) is 0 Å². The maximum atomic E-state index is 6.38. The van der Waals surface area contributed by atoms with E-state index in [9.17, 15) is 0 Å². The molecule has 1 aliphatic rings. The number of para-hydroxylation sites is 1. The van der Waals surface area contributed by atoms with E-state index in [0.717, 1.165) is 31.6 Å². The Kier molecular flexibility index (Phi) is 4.03. The minimum absolute atomic E-state index is 0.183. The van der Waals surface area contributed by atoms with Gasteiger partial charge in [-0.3, -0.25) is 0 Å². The van der Waals surface area contributed by atoms with E-state index in [0.29, 0.717) is 5.92 Å². The molecular weight excluding hydrogens is 246 g/mol. The number of ether oxygens (including phenoxy) is 1. The van der Waals surface area contributed by atoms with Gasteiger partial charge in [0.2, 0.25) is 0 Å². The van der Waals surface area contributed by atoms with Crippen molar-refractivity contribution in [2.24, 2.45) is 5.73 Å². The van der Waals surface area contributed by atoms with Gasteiger partial charge in [-0.2, -0.15) is 0 Å². The van der Waals surface area contributed by atoms with Crippen LogP contribution in [0, 0.1) is 0 Å². The predicted molar refractivity (Wildman–Crippen MR) is 82.0 cm³/mol. The second-order valence-corrected chi connectivity index (χ2v) is 5.50. The smallest absolute Gasteiger partial charge is 0.122 e. The summed E-state index contributed by atoms with van der Waals surface area (Å²) in [7, 11) is 0. The molecule has 0 saturated heterocycles. The number of aryl methyl sites for hydroxylation is 1. The molecule has 0 amide bonds. The van der Waals surface area contributed by atoms with Gasteiger partial charge in [0, 0.05) is 17.5 Å². The van der Waals surface area contributed by atoms with Gasteiger partial charge in [-0.05, 0) is 30.9 Å². The third-order valence-electron chi connectivity index (χ3n) is 4.10. The van der Waals surface area contributed by atoms with Crippen LogP contribution in [0.4, 0.5) is 0 Å². The summed E-state index contributed by atoms with van der Waals surface area (Å²) in [6, 6.07) is 19.0. The molecule has 0 radical (unpaired) electrons. The lowest BCUT2D eigenvalue weighted by molar-refractivity contribution is 0.308. The average Bonchev–Trinajstić information content (AvgIpc) is 2.92. The highest BCUT2D eigenvalue weighted by Crippen LogP contribution is 2.35. The molecule has 1 heterocycles. The topological polar surface area (TPSA) is 35.2 Å². The SMILES string of the molecule is NC(CCCc1ccccc1)C1COc2ccccc21. The van der Waals surface area contributed by atoms with Crippen molar-refractivity contribution < 1.29 is 4.74 Å². The first kappa shape index (κ1) is 13.2. The van der Waals surface area contributed by atoms with Crippen molar-refractivity contribution in [2.75, 3.05) is 6.61 Å². The largest absolute Gasteiger partial charge is 0.493 e. The van der Waals surface area contributed by atoms with E-state index in [2.05, 4.69) is 42.5 Å². The Hall–Kier alpha value is -1.80. The van der Waals surface area contributed by atoms with E-state index in [-0.39, 0.29) is 6.04 Å². The van der Waals surface area contributed by atoms with Crippen LogP contribution >= 0.6 is 0 Å². The fourth-order valence-electron chi connectivity index (χ4n) is 2.93. The lowest BCUT2D eigenvalue weighted by atomic mass is 9.90. The van der Waals surface area contributed by atoms with Gasteiger partial charge in [-0.15, -0.1) is 0 Å². The van der Waals surface area contributed by atoms with Crippen molar-refractivity contribution in [3.8, 4) is 5.75 Å². The van der Waals surface area contributed by atoms with E-state index < -0.39 is 0 Å². The zero-order valence-electron chi connectivity index (χ0n) is 11.7. The Morgan fingerprint density at radius 3 is 2.65 bits per heavy atom. The van der Waals surface area contributed by atoms with Gasteiger partial charge >= 0.3 is 0 Å². The van der Waals surface area contributed by atoms with Crippen LogP contribution in [0.25, 0.3) is 0 Å². The Labute approximate surface area is 120 Å². The zero-order valence-corrected chi connectivity index (χ0v) is 11.7. The monoisotopic (exact) mass is 267 g/mol. The van der Waals surface area contributed by atoms with Crippen LogP contribution < -0.4 is 10.5 Å². The van der Waals surface area contributed by atoms with E-state index in [1.165, 1.54) is 11.1 Å². The number of benzene rings is 2. The van der Waals surface area contributed by atoms with Crippen LogP contribution in [0.2, 0.25) is 0 Å². The summed E-state index contributed by atoms with van der Waals surface area (Å²) in [6.07, 6.45) is 3.27. The number of fused-ring (bicyclic) bond motifs is 1. The minimum Gasteiger partial charge on any atom is -0.493 e. The molecule has 0 bridgehead atoms. The van der Waals surface area contributed by atoms with Crippen LogP contribution in [-0.2, 0) is 6.42 Å². The van der Waals surface area contributed by atoms with Crippen molar-refractivity contribution in [2.45, 2.75) is 31.2 Å². The highest BCUT2D eigenvalue weighted by atomic mass is 16.5. The van der Waals surface area contributed by atoms with Crippen LogP contribution in [-0.4, -0.2) is 12.6 Å². The number of hydrogen-bond donors (Lipinski definition) is 1. The van der Waals surface area contributed by atoms with Crippen LogP contribution in [0.15, 0.2) is 54.6 Å². The third-order valence-corrected chi connectivity index (χ3v) is 4.10. The van der Waals surface area contributed by atoms with Crippen molar-refractivity contribution in [3.63, 3.8) is 0 Å². The van der Waals surface area contributed by atoms with E-state index >= 15 is 0 Å². The second kappa shape index (κ2) is 6.10. The molecule has 1 aliphatic heterocycles. The molecule has 2 N–H and O–H groups in total. The molecule has 0 fully saturated rings. The molecule has 2 aromatic rings. The summed E-state index contributed by atoms with van der Waals surface area (Å²) in [4.78, 5) is 0. The second-order valence-electron chi connectivity index (χ2n) is 5.50. The first-order chi connectivity index (χ1) is 9.84. The Morgan fingerprint density at radius 1 is 1.05 bits per heavy atom. The Bertz CT molecular complexity index is 552. The van der Waals surface area contributed by atoms with Gasteiger partial charge in [-0.1, -0.05) is 48.5 Å². The van der Waals surface area contributed by atoms with E-state index in [1.807, 2.05) is 12.1 Å². The summed E-state index contributed by atoms with van der Waals surface area (Å²) < 4.78 is 5.72. The predicted octanol–water partition coefficient (Wildman–Crippen LogP) is 3.51. The fourth-order valence-corrected chi connectivity index (χ4v) is 2.93. The van der Waals surface area contributed by atoms with E-state index in [1.54, 1.807) is 0 Å². The van der Waals surface area contributed by atoms with Crippen molar-refractivity contribution >= 4 is 0 Å². The van der Waals surface area contributed by atoms with Gasteiger partial charge in [0.05, 0.1) is 6.61 Å². The Balaban J connectivity index is 1.54. The Morgan fingerprint density at radius 2 is 1.80 bits per heavy atom. The molecule has 3 rings (SSSR count). The maximum absolute atomic E-state index is 6.38. The van der Waals surface area contributed by atoms with Crippen LogP contribution in [0.5, 0.6) is 5.75 Å². The van der Waals surface area contributed by atoms with Gasteiger partial charge < -0.3 is 10.5 Å². The number of hydrogen-bond acceptors (Lipinski definition) is 2. The lowest BCUT2D eigenvalue weighted by Gasteiger charge is -2.18. The highest BCUT2D eigenvalue weighted by Gasteiger charge is 2.28. The standard InChI is InChI=1S/C18H21NO/c19-17(11-6-9-14-7-2-1-3-8-14)16-13-20-18-12-5-4-10-15(16)18/h1-5,7-8,10,12,16-17H,6,9,11,13,19H2. The molecule has 104 valence electrons. The van der Waals surface area contributed by atoms with E-state index in [4.69, 9.17) is 10.5 Å². The van der Waals surface area contributed by atoms with Crippen LogP contribution in [0.3, 0.4) is 0 Å². The summed E-state index contributed by atoms with van der Waals surface area (Å²) >= 11 is 0. The molecule has 20 heavy (non-hydrogen) atoms. The molecule has 2 aromatic carbocycles. The zero-order chi connectivity index (χ0) is 13.8. The molecular formula is C18H21NO. The third kappa shape index (κ3) is 2.86. The summed E-state index contributed by atoms with van der Waals surface area (Å²) in [5.74, 6) is 1.36. The summed E-state index contributed by atoms with van der Waals surface area (Å²) in [5.41, 5.74) is 9.05. The van der Waals surface area contributed by atoms with Crippen LogP contribution in [0.1, 0.15) is 29.9 Å². The summed E-state index contributed by atoms with van der Waals surface area (Å²) in [5, 5.41) is 0. The first-order valence-electron chi connectivity index (χ1n) is 7.36. The molecule has 0 spiro atoms. The molecule has 2 unspecified atom stereocenters. The van der Waals surface area contributed by atoms with Crippen molar-refractivity contribution in [1.29, 1.82) is 0 Å². The molecule has 2 heteroatoms. The van der Waals surface area contributed by atoms with Gasteiger partial charge in [0.1, 0.15) is 5.75 Å². The minimum atomic E-state index is 0.183. The van der Waals surface area contributed by atoms with Crippen molar-refractivity contribution in [3.05, 3.63) is 65.7 Å². The lowest BCUT2D eigenvalue weighted by Crippen LogP contribution is -2.29. The molecule has 0 aromatic heterocycles. The molecule has 0 aliphatic carbocycles. The molecule has 0 saturated carbocycles. The normalized spacial score (nSPS) is 18.4.